The lowest BCUT2D eigenvalue weighted by molar-refractivity contribution is 0.0941. The van der Waals surface area contributed by atoms with Crippen LogP contribution < -0.4 is 5.32 Å². The number of rotatable bonds is 16. The number of carbonyl (C=O) groups is 1. The zero-order valence-corrected chi connectivity index (χ0v) is 31.3. The van der Waals surface area contributed by atoms with Gasteiger partial charge in [0.2, 0.25) is 22.4 Å². The van der Waals surface area contributed by atoms with Crippen LogP contribution >= 0.6 is 0 Å². The molecule has 8 nitrogen and oxygen atoms in total. The number of furan rings is 1. The van der Waals surface area contributed by atoms with Crippen molar-refractivity contribution in [3.8, 4) is 0 Å². The van der Waals surface area contributed by atoms with E-state index in [0.717, 1.165) is 18.4 Å². The van der Waals surface area contributed by atoms with Crippen LogP contribution in [0.15, 0.2) is 29.3 Å². The van der Waals surface area contributed by atoms with Gasteiger partial charge in [0, 0.05) is 30.3 Å². The van der Waals surface area contributed by atoms with Crippen LogP contribution in [-0.4, -0.2) is 56.2 Å². The summed E-state index contributed by atoms with van der Waals surface area (Å²) in [5, 5.41) is 13.8. The van der Waals surface area contributed by atoms with E-state index in [0.29, 0.717) is 51.2 Å². The van der Waals surface area contributed by atoms with Gasteiger partial charge in [0.15, 0.2) is 5.76 Å². The zero-order chi connectivity index (χ0) is 33.0. The van der Waals surface area contributed by atoms with Crippen molar-refractivity contribution in [3.63, 3.8) is 0 Å². The molecule has 2 N–H and O–H groups in total. The van der Waals surface area contributed by atoms with E-state index in [4.69, 9.17) is 13.3 Å². The molecule has 1 aliphatic carbocycles. The lowest BCUT2D eigenvalue weighted by Crippen LogP contribution is -2.51. The van der Waals surface area contributed by atoms with Gasteiger partial charge in [-0.25, -0.2) is 9.97 Å². The predicted octanol–water partition coefficient (Wildman–Crippen LogP) is 8.74. The van der Waals surface area contributed by atoms with E-state index in [2.05, 4.69) is 98.4 Å². The summed E-state index contributed by atoms with van der Waals surface area (Å²) in [7, 11) is -4.17. The molecule has 0 bridgehead atoms. The van der Waals surface area contributed by atoms with Gasteiger partial charge < -0.3 is 23.7 Å². The molecule has 2 aromatic heterocycles. The Labute approximate surface area is 268 Å². The minimum absolute atomic E-state index is 0.0125. The molecular formula is C34H59N3O5Si2. The van der Waals surface area contributed by atoms with Crippen molar-refractivity contribution >= 4 is 28.2 Å². The van der Waals surface area contributed by atoms with Gasteiger partial charge >= 0.3 is 0 Å². The lowest BCUT2D eigenvalue weighted by Gasteiger charge is -2.45. The van der Waals surface area contributed by atoms with Crippen LogP contribution in [-0.2, 0) is 15.5 Å². The van der Waals surface area contributed by atoms with Gasteiger partial charge in [-0.1, -0.05) is 83.1 Å². The number of aromatic nitrogens is 2. The van der Waals surface area contributed by atoms with E-state index in [1.807, 2.05) is 0 Å². The van der Waals surface area contributed by atoms with Gasteiger partial charge in [-0.05, 0) is 52.2 Å². The van der Waals surface area contributed by atoms with E-state index in [-0.39, 0.29) is 36.2 Å². The lowest BCUT2D eigenvalue weighted by atomic mass is 10.1. The summed E-state index contributed by atoms with van der Waals surface area (Å²) in [4.78, 5) is 22.3. The molecule has 10 heteroatoms. The first-order chi connectivity index (χ1) is 20.6. The summed E-state index contributed by atoms with van der Waals surface area (Å²) in [6.45, 7) is 27.8. The average molecular weight is 646 g/mol. The third-order valence-electron chi connectivity index (χ3n) is 10.3. The smallest absolute Gasteiger partial charge is 0.233 e. The van der Waals surface area contributed by atoms with Crippen molar-refractivity contribution < 1.29 is 23.2 Å². The van der Waals surface area contributed by atoms with Crippen molar-refractivity contribution in [1.29, 1.82) is 0 Å². The standard InChI is InChI=1S/C34H59N3O5Si2/c1-21(2)43(22(3)4,23(5)6)41-19-27-13-32(40-18-27)33(39)30-16-35-20-36-34(30)37-29-14-28(17-38)31(15-29)42-44(24(7)8,25(9)10)26(11)12/h13,16,18,20-26,28-29,31,38H,14-15,17,19H2,1-12H3,(H,35,36,37)/t28-,29-,31+/m1/s1. The Morgan fingerprint density at radius 2 is 1.50 bits per heavy atom. The Kier molecular flexibility index (Phi) is 12.6. The number of aliphatic hydroxyl groups excluding tert-OH is 1. The van der Waals surface area contributed by atoms with Gasteiger partial charge in [-0.3, -0.25) is 4.79 Å². The Balaban J connectivity index is 1.77. The number of hydrogen-bond acceptors (Lipinski definition) is 8. The molecule has 0 unspecified atom stereocenters. The first kappa shape index (κ1) is 36.6. The quantitative estimate of drug-likeness (QED) is 0.138. The minimum Gasteiger partial charge on any atom is -0.460 e. The van der Waals surface area contributed by atoms with Crippen LogP contribution in [0.5, 0.6) is 0 Å². The van der Waals surface area contributed by atoms with Crippen LogP contribution in [0.3, 0.4) is 0 Å². The summed E-state index contributed by atoms with van der Waals surface area (Å²) >= 11 is 0. The third kappa shape index (κ3) is 7.40. The Bertz CT molecular complexity index is 1170. The topological polar surface area (TPSA) is 107 Å². The van der Waals surface area contributed by atoms with Gasteiger partial charge in [0.05, 0.1) is 24.5 Å². The maximum Gasteiger partial charge on any atom is 0.233 e. The normalized spacial score (nSPS) is 19.8. The summed E-state index contributed by atoms with van der Waals surface area (Å²) in [5.74, 6) is 0.486. The highest BCUT2D eigenvalue weighted by Crippen LogP contribution is 2.46. The first-order valence-electron chi connectivity index (χ1n) is 16.7. The number of nitrogens with zero attached hydrogens (tertiary/aromatic N) is 2. The molecule has 1 saturated carbocycles. The van der Waals surface area contributed by atoms with Crippen LogP contribution in [0.2, 0.25) is 33.2 Å². The minimum atomic E-state index is -2.12. The van der Waals surface area contributed by atoms with Crippen LogP contribution in [0.25, 0.3) is 0 Å². The molecule has 2 heterocycles. The average Bonchev–Trinajstić information content (AvgIpc) is 3.57. The van der Waals surface area contributed by atoms with Crippen LogP contribution in [0.1, 0.15) is 118 Å². The number of hydrogen-bond donors (Lipinski definition) is 2. The molecule has 0 aromatic carbocycles. The molecule has 0 spiro atoms. The third-order valence-corrected chi connectivity index (χ3v) is 22.5. The van der Waals surface area contributed by atoms with Crippen molar-refractivity contribution in [2.45, 2.75) is 148 Å². The molecule has 1 fully saturated rings. The molecule has 0 saturated heterocycles. The maximum absolute atomic E-state index is 13.7. The van der Waals surface area contributed by atoms with Gasteiger partial charge in [-0.2, -0.15) is 0 Å². The maximum atomic E-state index is 13.7. The summed E-state index contributed by atoms with van der Waals surface area (Å²) in [5.41, 5.74) is 4.01. The number of carbonyl (C=O) groups excluding carboxylic acids is 1. The van der Waals surface area contributed by atoms with E-state index >= 15 is 0 Å². The second-order valence-electron chi connectivity index (χ2n) is 14.8. The van der Waals surface area contributed by atoms with Crippen molar-refractivity contribution in [2.75, 3.05) is 11.9 Å². The molecule has 248 valence electrons. The van der Waals surface area contributed by atoms with Crippen molar-refractivity contribution in [2.24, 2.45) is 5.92 Å². The number of aliphatic hydroxyl groups is 1. The Morgan fingerprint density at radius 1 is 0.932 bits per heavy atom. The second-order valence-corrected chi connectivity index (χ2v) is 25.6. The largest absolute Gasteiger partial charge is 0.460 e. The van der Waals surface area contributed by atoms with Crippen molar-refractivity contribution in [1.82, 2.24) is 9.97 Å². The SMILES string of the molecule is CC(C)[Si](OCc1coc(C(=O)c2cncnc2N[C@@H]2C[C@H](CO)[C@@H](O[Si](C(C)C)(C(C)C)C(C)C)C2)c1)(C(C)C)C(C)C. The predicted molar refractivity (Wildman–Crippen MR) is 183 cm³/mol. The molecule has 44 heavy (non-hydrogen) atoms. The fraction of sp³-hybridized carbons (Fsp3) is 0.735. The summed E-state index contributed by atoms with van der Waals surface area (Å²) in [6, 6.07) is 1.80. The zero-order valence-electron chi connectivity index (χ0n) is 29.3. The molecule has 3 atom stereocenters. The molecule has 0 amide bonds. The monoisotopic (exact) mass is 645 g/mol. The van der Waals surface area contributed by atoms with Gasteiger partial charge in [0.1, 0.15) is 12.1 Å². The van der Waals surface area contributed by atoms with Crippen molar-refractivity contribution in [3.05, 3.63) is 41.7 Å². The van der Waals surface area contributed by atoms with Gasteiger partial charge in [-0.15, -0.1) is 0 Å². The van der Waals surface area contributed by atoms with Crippen LogP contribution in [0, 0.1) is 5.92 Å². The fourth-order valence-corrected chi connectivity index (χ4v) is 19.5. The van der Waals surface area contributed by atoms with E-state index in [1.165, 1.54) is 6.33 Å². The molecule has 2 aromatic rings. The Hall–Kier alpha value is -1.86. The van der Waals surface area contributed by atoms with E-state index < -0.39 is 16.6 Å². The highest BCUT2D eigenvalue weighted by Gasteiger charge is 2.49. The second kappa shape index (κ2) is 15.2. The molecule has 0 radical (unpaired) electrons. The molecule has 0 aliphatic heterocycles. The summed E-state index contributed by atoms with van der Waals surface area (Å²) < 4.78 is 19.6. The number of nitrogens with one attached hydrogen (secondary N) is 1. The van der Waals surface area contributed by atoms with E-state index in [1.54, 1.807) is 18.5 Å². The highest BCUT2D eigenvalue weighted by molar-refractivity contribution is 6.78. The molecule has 1 aliphatic rings. The molecular weight excluding hydrogens is 587 g/mol. The number of anilines is 1. The highest BCUT2D eigenvalue weighted by atomic mass is 28.4. The molecule has 3 rings (SSSR count). The first-order valence-corrected chi connectivity index (χ1v) is 21.0. The van der Waals surface area contributed by atoms with Gasteiger partial charge in [0.25, 0.3) is 0 Å². The summed E-state index contributed by atoms with van der Waals surface area (Å²) in [6.07, 6.45) is 6.08. The Morgan fingerprint density at radius 3 is 2.02 bits per heavy atom. The van der Waals surface area contributed by atoms with E-state index in [9.17, 15) is 9.90 Å². The number of ketones is 1. The fourth-order valence-electron chi connectivity index (χ4n) is 8.43. The van der Waals surface area contributed by atoms with Crippen LogP contribution in [0.4, 0.5) is 5.82 Å².